The third-order valence-electron chi connectivity index (χ3n) is 2.54. The molecule has 0 bridgehead atoms. The van der Waals surface area contributed by atoms with Gasteiger partial charge in [0.25, 0.3) is 0 Å². The first kappa shape index (κ1) is 12.3. The molecule has 0 aliphatic carbocycles. The highest BCUT2D eigenvalue weighted by Gasteiger charge is 2.38. The lowest BCUT2D eigenvalue weighted by Crippen LogP contribution is -1.99. The number of ether oxygens (including phenoxy) is 1. The number of carbonyl (C=O) groups excluding carboxylic acids is 1. The van der Waals surface area contributed by atoms with Crippen LogP contribution in [0.3, 0.4) is 0 Å². The lowest BCUT2D eigenvalue weighted by Gasteiger charge is -1.94. The lowest BCUT2D eigenvalue weighted by atomic mass is 10.4. The highest BCUT2D eigenvalue weighted by molar-refractivity contribution is 9.11. The summed E-state index contributed by atoms with van der Waals surface area (Å²) in [6.07, 6.45) is 0. The molecule has 0 fully saturated rings. The zero-order valence-corrected chi connectivity index (χ0v) is 12.9. The lowest BCUT2D eigenvalue weighted by molar-refractivity contribution is 0.0606. The Balaban J connectivity index is 2.30. The number of halogens is 1. The van der Waals surface area contributed by atoms with Crippen LogP contribution in [-0.4, -0.2) is 21.5 Å². The van der Waals surface area contributed by atoms with E-state index in [4.69, 9.17) is 0 Å². The Kier molecular flexibility index (Phi) is 2.67. The fourth-order valence-corrected chi connectivity index (χ4v) is 7.19. The minimum absolute atomic E-state index is 0.210. The van der Waals surface area contributed by atoms with Gasteiger partial charge in [0.15, 0.2) is 0 Å². The molecule has 94 valence electrons. The average Bonchev–Trinajstić information content (AvgIpc) is 2.94. The number of rotatable bonds is 1. The van der Waals surface area contributed by atoms with Gasteiger partial charge in [-0.1, -0.05) is 0 Å². The van der Waals surface area contributed by atoms with Crippen LogP contribution in [0.15, 0.2) is 25.7 Å². The average molecular weight is 365 g/mol. The van der Waals surface area contributed by atoms with Crippen LogP contribution in [0.4, 0.5) is 0 Å². The summed E-state index contributed by atoms with van der Waals surface area (Å²) in [5.41, 5.74) is 0. The van der Waals surface area contributed by atoms with E-state index < -0.39 is 15.8 Å². The Morgan fingerprint density at radius 3 is 2.50 bits per heavy atom. The normalized spacial score (nSPS) is 15.2. The van der Waals surface area contributed by atoms with Gasteiger partial charge in [-0.2, -0.15) is 0 Å². The van der Waals surface area contributed by atoms with E-state index in [-0.39, 0.29) is 4.90 Å². The second kappa shape index (κ2) is 3.89. The molecule has 8 heteroatoms. The number of sulfone groups is 1. The van der Waals surface area contributed by atoms with E-state index in [9.17, 15) is 13.2 Å². The molecular formula is C10H5BrO4S3. The maximum atomic E-state index is 12.3. The Morgan fingerprint density at radius 1 is 1.22 bits per heavy atom. The fourth-order valence-electron chi connectivity index (χ4n) is 1.76. The van der Waals surface area contributed by atoms with Crippen LogP contribution in [0.2, 0.25) is 0 Å². The summed E-state index contributed by atoms with van der Waals surface area (Å²) in [7, 11) is -2.21. The van der Waals surface area contributed by atoms with Crippen molar-refractivity contribution in [3.05, 3.63) is 20.8 Å². The van der Waals surface area contributed by atoms with Crippen molar-refractivity contribution in [2.75, 3.05) is 7.11 Å². The molecule has 0 atom stereocenters. The summed E-state index contributed by atoms with van der Waals surface area (Å²) >= 11 is 5.78. The molecule has 0 radical (unpaired) electrons. The van der Waals surface area contributed by atoms with Gasteiger partial charge in [0.2, 0.25) is 9.84 Å². The highest BCUT2D eigenvalue weighted by Crippen LogP contribution is 2.52. The van der Waals surface area contributed by atoms with Gasteiger partial charge < -0.3 is 4.74 Å². The van der Waals surface area contributed by atoms with Gasteiger partial charge >= 0.3 is 5.97 Å². The van der Waals surface area contributed by atoms with Crippen LogP contribution >= 0.6 is 38.6 Å². The smallest absolute Gasteiger partial charge is 0.348 e. The molecule has 0 saturated carbocycles. The minimum atomic E-state index is -3.48. The van der Waals surface area contributed by atoms with Gasteiger partial charge in [-0.15, -0.1) is 22.7 Å². The van der Waals surface area contributed by atoms with Crippen molar-refractivity contribution in [1.82, 2.24) is 0 Å². The summed E-state index contributed by atoms with van der Waals surface area (Å²) in [4.78, 5) is 13.6. The number of hydrogen-bond acceptors (Lipinski definition) is 6. The highest BCUT2D eigenvalue weighted by atomic mass is 79.9. The van der Waals surface area contributed by atoms with E-state index in [2.05, 4.69) is 20.7 Å². The van der Waals surface area contributed by atoms with Crippen LogP contribution in [0, 0.1) is 0 Å². The molecular weight excluding hydrogens is 360 g/mol. The third-order valence-corrected chi connectivity index (χ3v) is 7.52. The van der Waals surface area contributed by atoms with Gasteiger partial charge in [-0.25, -0.2) is 13.2 Å². The molecule has 4 nitrogen and oxygen atoms in total. The second-order valence-corrected chi connectivity index (χ2v) is 8.91. The largest absolute Gasteiger partial charge is 0.465 e. The molecule has 1 aliphatic heterocycles. The summed E-state index contributed by atoms with van der Waals surface area (Å²) in [6, 6.07) is 2.99. The van der Waals surface area contributed by atoms with Crippen molar-refractivity contribution < 1.29 is 17.9 Å². The minimum Gasteiger partial charge on any atom is -0.465 e. The van der Waals surface area contributed by atoms with E-state index in [1.165, 1.54) is 24.5 Å². The standard InChI is InChI=1S/C10H5BrO4S3/c1-15-10(12)4-2-5-8(16-4)9-6(18(5,13)14)3-7(11)17-9/h2-3H,1H3. The molecule has 2 aromatic rings. The van der Waals surface area contributed by atoms with Crippen molar-refractivity contribution in [3.63, 3.8) is 0 Å². The molecule has 0 N–H and O–H groups in total. The monoisotopic (exact) mass is 364 g/mol. The van der Waals surface area contributed by atoms with Gasteiger partial charge in [0.05, 0.1) is 30.4 Å². The number of methoxy groups -OCH3 is 1. The summed E-state index contributed by atoms with van der Waals surface area (Å²) < 4.78 is 29.9. The zero-order chi connectivity index (χ0) is 13.1. The topological polar surface area (TPSA) is 60.4 Å². The van der Waals surface area contributed by atoms with E-state index in [0.29, 0.717) is 19.5 Å². The van der Waals surface area contributed by atoms with Crippen molar-refractivity contribution in [3.8, 4) is 9.75 Å². The second-order valence-electron chi connectivity index (χ2n) is 3.54. The number of fused-ring (bicyclic) bond motifs is 3. The Labute approximate surface area is 119 Å². The molecule has 0 aromatic carbocycles. The first-order valence-electron chi connectivity index (χ1n) is 4.72. The summed E-state index contributed by atoms with van der Waals surface area (Å²) in [6.45, 7) is 0. The van der Waals surface area contributed by atoms with E-state index in [1.54, 1.807) is 6.07 Å². The molecule has 0 spiro atoms. The number of esters is 1. The zero-order valence-electron chi connectivity index (χ0n) is 8.89. The van der Waals surface area contributed by atoms with Crippen molar-refractivity contribution in [1.29, 1.82) is 0 Å². The Hall–Kier alpha value is -0.700. The SMILES string of the molecule is COC(=O)c1cc2c(s1)-c1sc(Br)cc1S2(=O)=O. The van der Waals surface area contributed by atoms with Crippen LogP contribution in [0.5, 0.6) is 0 Å². The molecule has 3 heterocycles. The van der Waals surface area contributed by atoms with Gasteiger partial charge in [-0.3, -0.25) is 0 Å². The Morgan fingerprint density at radius 2 is 1.83 bits per heavy atom. The predicted octanol–water partition coefficient (Wildman–Crippen LogP) is 3.17. The number of thiophene rings is 2. The van der Waals surface area contributed by atoms with Gasteiger partial charge in [0.1, 0.15) is 4.88 Å². The van der Waals surface area contributed by atoms with Crippen LogP contribution in [-0.2, 0) is 14.6 Å². The fraction of sp³-hybridized carbons (Fsp3) is 0.100. The molecule has 1 aliphatic rings. The van der Waals surface area contributed by atoms with Crippen LogP contribution < -0.4 is 0 Å². The molecule has 3 rings (SSSR count). The van der Waals surface area contributed by atoms with Gasteiger partial charge in [0, 0.05) is 0 Å². The van der Waals surface area contributed by atoms with Crippen LogP contribution in [0.1, 0.15) is 9.67 Å². The maximum absolute atomic E-state index is 12.3. The van der Waals surface area contributed by atoms with E-state index in [0.717, 1.165) is 15.1 Å². The Bertz CT molecular complexity index is 769. The predicted molar refractivity (Wildman–Crippen MR) is 72.1 cm³/mol. The molecule has 0 amide bonds. The third kappa shape index (κ3) is 1.52. The number of hydrogen-bond donors (Lipinski definition) is 0. The van der Waals surface area contributed by atoms with E-state index >= 15 is 0 Å². The molecule has 2 aromatic heterocycles. The van der Waals surface area contributed by atoms with Crippen LogP contribution in [0.25, 0.3) is 9.75 Å². The summed E-state index contributed by atoms with van der Waals surface area (Å²) in [5.74, 6) is -0.512. The number of carbonyl (C=O) groups is 1. The maximum Gasteiger partial charge on any atom is 0.348 e. The van der Waals surface area contributed by atoms with Crippen molar-refractivity contribution in [2.45, 2.75) is 9.79 Å². The summed E-state index contributed by atoms with van der Waals surface area (Å²) in [5, 5.41) is 0. The van der Waals surface area contributed by atoms with Crippen molar-refractivity contribution in [2.24, 2.45) is 0 Å². The first-order chi connectivity index (χ1) is 8.45. The molecule has 0 unspecified atom stereocenters. The molecule has 0 saturated heterocycles. The van der Waals surface area contributed by atoms with E-state index in [1.807, 2.05) is 0 Å². The molecule has 18 heavy (non-hydrogen) atoms. The van der Waals surface area contributed by atoms with Crippen molar-refractivity contribution >= 4 is 54.4 Å². The van der Waals surface area contributed by atoms with Gasteiger partial charge in [-0.05, 0) is 28.1 Å². The quantitative estimate of drug-likeness (QED) is 0.622. The first-order valence-corrected chi connectivity index (χ1v) is 8.63.